The number of pyridine rings is 1. The molecule has 1 aliphatic carbocycles. The predicted molar refractivity (Wildman–Crippen MR) is 182 cm³/mol. The predicted octanol–water partition coefficient (Wildman–Crippen LogP) is 8.04. The van der Waals surface area contributed by atoms with Crippen molar-refractivity contribution in [3.63, 3.8) is 0 Å². The first kappa shape index (κ1) is 32.8. The van der Waals surface area contributed by atoms with Crippen molar-refractivity contribution in [3.05, 3.63) is 102 Å². The molecule has 242 valence electrons. The maximum absolute atomic E-state index is 9.36. The van der Waals surface area contributed by atoms with Crippen molar-refractivity contribution >= 4 is 17.2 Å². The molecule has 4 aromatic rings. The van der Waals surface area contributed by atoms with E-state index in [2.05, 4.69) is 10.6 Å². The van der Waals surface area contributed by atoms with Crippen molar-refractivity contribution in [2.45, 2.75) is 57.9 Å². The molecule has 0 atom stereocenters. The number of hydrogen-bond donors (Lipinski definition) is 3. The van der Waals surface area contributed by atoms with Crippen molar-refractivity contribution in [1.82, 2.24) is 4.98 Å². The minimum Gasteiger partial charge on any atom is -0.497 e. The van der Waals surface area contributed by atoms with Gasteiger partial charge in [-0.2, -0.15) is 0 Å². The van der Waals surface area contributed by atoms with E-state index in [1.165, 1.54) is 0 Å². The molecule has 46 heavy (non-hydrogen) atoms. The van der Waals surface area contributed by atoms with E-state index in [1.54, 1.807) is 20.4 Å². The summed E-state index contributed by atoms with van der Waals surface area (Å²) in [5.41, 5.74) is 3.61. The second-order valence-corrected chi connectivity index (χ2v) is 11.0. The first-order valence-corrected chi connectivity index (χ1v) is 16.0. The minimum absolute atomic E-state index is 0.221. The van der Waals surface area contributed by atoms with Gasteiger partial charge in [0.25, 0.3) is 0 Å². The lowest BCUT2D eigenvalue weighted by Gasteiger charge is -2.36. The van der Waals surface area contributed by atoms with Gasteiger partial charge < -0.3 is 34.3 Å². The van der Waals surface area contributed by atoms with Crippen LogP contribution in [0, 0.1) is 5.41 Å². The molecule has 1 saturated heterocycles. The molecule has 1 aliphatic heterocycles. The van der Waals surface area contributed by atoms with Crippen LogP contribution < -0.4 is 24.8 Å². The Bertz CT molecular complexity index is 1560. The maximum atomic E-state index is 9.36. The van der Waals surface area contributed by atoms with Gasteiger partial charge in [-0.25, -0.2) is 4.98 Å². The van der Waals surface area contributed by atoms with Crippen LogP contribution in [0.25, 0.3) is 0 Å². The minimum atomic E-state index is -0.431. The number of para-hydroxylation sites is 1. The van der Waals surface area contributed by atoms with Crippen LogP contribution in [0.2, 0.25) is 0 Å². The Morgan fingerprint density at radius 1 is 0.870 bits per heavy atom. The molecule has 6 rings (SSSR count). The fourth-order valence-corrected chi connectivity index (χ4v) is 5.81. The molecule has 9 nitrogen and oxygen atoms in total. The summed E-state index contributed by atoms with van der Waals surface area (Å²) in [6, 6.07) is 25.1. The number of aromatic nitrogens is 1. The van der Waals surface area contributed by atoms with Gasteiger partial charge in [-0.1, -0.05) is 32.0 Å². The lowest BCUT2D eigenvalue weighted by Crippen LogP contribution is -2.39. The first-order valence-electron chi connectivity index (χ1n) is 16.0. The lowest BCUT2D eigenvalue weighted by molar-refractivity contribution is -0.177. The van der Waals surface area contributed by atoms with E-state index in [9.17, 15) is 5.41 Å². The Balaban J connectivity index is 0.00000204. The van der Waals surface area contributed by atoms with E-state index in [-0.39, 0.29) is 6.04 Å². The zero-order valence-electron chi connectivity index (χ0n) is 27.1. The highest BCUT2D eigenvalue weighted by Gasteiger charge is 2.40. The quantitative estimate of drug-likeness (QED) is 0.144. The molecule has 2 aliphatic rings. The summed E-state index contributed by atoms with van der Waals surface area (Å²) in [5, 5.41) is 16.6. The summed E-state index contributed by atoms with van der Waals surface area (Å²) < 4.78 is 28.8. The van der Waals surface area contributed by atoms with Crippen LogP contribution in [0.5, 0.6) is 23.0 Å². The molecule has 0 amide bonds. The van der Waals surface area contributed by atoms with Gasteiger partial charge in [-0.15, -0.1) is 0 Å². The van der Waals surface area contributed by atoms with Crippen molar-refractivity contribution in [3.8, 4) is 23.0 Å². The fourth-order valence-electron chi connectivity index (χ4n) is 5.81. The lowest BCUT2D eigenvalue weighted by atomic mass is 9.89. The Hall–Kier alpha value is -4.60. The molecule has 9 heteroatoms. The average molecular weight is 625 g/mol. The van der Waals surface area contributed by atoms with Crippen LogP contribution in [-0.2, 0) is 16.0 Å². The second-order valence-electron chi connectivity index (χ2n) is 11.0. The normalized spacial score (nSPS) is 15.4. The molecule has 3 N–H and O–H groups in total. The van der Waals surface area contributed by atoms with Crippen LogP contribution >= 0.6 is 0 Å². The number of nitrogens with one attached hydrogen (secondary N) is 3. The topological polar surface area (TPSA) is 107 Å². The smallest absolute Gasteiger partial charge is 0.168 e. The van der Waals surface area contributed by atoms with Crippen LogP contribution in [0.4, 0.5) is 11.5 Å². The SMILES string of the molecule is CC.COc1ccc(CNc2nccc(NC3CCC4(CC3)OCCO4)c2C(=N)c2ccc(Oc3ccccc3)cc2)c(OC)c1. The molecule has 3 aromatic carbocycles. The highest BCUT2D eigenvalue weighted by Crippen LogP contribution is 2.38. The van der Waals surface area contributed by atoms with Crippen molar-refractivity contribution in [1.29, 1.82) is 5.41 Å². The van der Waals surface area contributed by atoms with Crippen LogP contribution in [-0.4, -0.2) is 50.0 Å². The van der Waals surface area contributed by atoms with Gasteiger partial charge in [0, 0.05) is 54.5 Å². The van der Waals surface area contributed by atoms with E-state index < -0.39 is 5.79 Å². The Labute approximate surface area is 271 Å². The Kier molecular flexibility index (Phi) is 11.1. The third-order valence-electron chi connectivity index (χ3n) is 8.18. The summed E-state index contributed by atoms with van der Waals surface area (Å²) in [7, 11) is 3.27. The highest BCUT2D eigenvalue weighted by molar-refractivity contribution is 6.17. The van der Waals surface area contributed by atoms with Gasteiger partial charge in [-0.05, 0) is 67.4 Å². The number of anilines is 2. The van der Waals surface area contributed by atoms with Crippen LogP contribution in [0.15, 0.2) is 85.1 Å². The number of nitrogens with zero attached hydrogens (tertiary/aromatic N) is 1. The van der Waals surface area contributed by atoms with Crippen molar-refractivity contribution in [2.24, 2.45) is 0 Å². The standard InChI is InChI=1S/C35H38N4O5.C2H6/c1-40-29-13-10-25(31(22-29)41-2)23-38-34-32(33(36)24-8-11-28(12-9-24)44-27-6-4-3-5-7-27)30(16-19-37-34)39-26-14-17-35(18-15-26)42-20-21-43-35;1-2/h3-13,16,19,22,26,36H,14-15,17-18,20-21,23H2,1-2H3,(H2,37,38,39);1-2H3. The number of hydrogen-bond acceptors (Lipinski definition) is 9. The molecule has 0 bridgehead atoms. The summed E-state index contributed by atoms with van der Waals surface area (Å²) in [6.07, 6.45) is 5.28. The molecule has 1 spiro atoms. The van der Waals surface area contributed by atoms with Crippen molar-refractivity contribution < 1.29 is 23.7 Å². The highest BCUT2D eigenvalue weighted by atomic mass is 16.7. The van der Waals surface area contributed by atoms with E-state index in [1.807, 2.05) is 92.7 Å². The van der Waals surface area contributed by atoms with E-state index in [4.69, 9.17) is 28.7 Å². The molecule has 0 unspecified atom stereocenters. The molecule has 2 heterocycles. The second kappa shape index (κ2) is 15.6. The molecular weight excluding hydrogens is 580 g/mol. The van der Waals surface area contributed by atoms with Gasteiger partial charge in [0.05, 0.1) is 38.7 Å². The first-order chi connectivity index (χ1) is 22.6. The van der Waals surface area contributed by atoms with E-state index >= 15 is 0 Å². The number of ether oxygens (including phenoxy) is 5. The Morgan fingerprint density at radius 3 is 2.22 bits per heavy atom. The maximum Gasteiger partial charge on any atom is 0.168 e. The number of benzene rings is 3. The third kappa shape index (κ3) is 7.78. The summed E-state index contributed by atoms with van der Waals surface area (Å²) in [5.74, 6) is 3.08. The summed E-state index contributed by atoms with van der Waals surface area (Å²) in [6.45, 7) is 5.77. The fraction of sp³-hybridized carbons (Fsp3) is 0.351. The number of rotatable bonds is 11. The van der Waals surface area contributed by atoms with Gasteiger partial charge in [0.1, 0.15) is 28.8 Å². The van der Waals surface area contributed by atoms with E-state index in [0.29, 0.717) is 48.4 Å². The summed E-state index contributed by atoms with van der Waals surface area (Å²) >= 11 is 0. The summed E-state index contributed by atoms with van der Waals surface area (Å²) in [4.78, 5) is 4.69. The van der Waals surface area contributed by atoms with E-state index in [0.717, 1.165) is 54.0 Å². The van der Waals surface area contributed by atoms with Gasteiger partial charge in [0.2, 0.25) is 0 Å². The van der Waals surface area contributed by atoms with Crippen molar-refractivity contribution in [2.75, 3.05) is 38.1 Å². The molecule has 2 fully saturated rings. The zero-order chi connectivity index (χ0) is 32.4. The van der Waals surface area contributed by atoms with Gasteiger partial charge in [-0.3, -0.25) is 5.41 Å². The Morgan fingerprint density at radius 2 is 1.54 bits per heavy atom. The van der Waals surface area contributed by atoms with Gasteiger partial charge >= 0.3 is 0 Å². The molecule has 0 radical (unpaired) electrons. The number of methoxy groups -OCH3 is 2. The van der Waals surface area contributed by atoms with Crippen LogP contribution in [0.3, 0.4) is 0 Å². The molecule has 1 aromatic heterocycles. The molecular formula is C37H44N4O5. The third-order valence-corrected chi connectivity index (χ3v) is 8.18. The zero-order valence-corrected chi connectivity index (χ0v) is 27.1. The monoisotopic (exact) mass is 624 g/mol. The van der Waals surface area contributed by atoms with Gasteiger partial charge in [0.15, 0.2) is 5.79 Å². The molecule has 1 saturated carbocycles. The van der Waals surface area contributed by atoms with Crippen LogP contribution in [0.1, 0.15) is 56.2 Å². The largest absolute Gasteiger partial charge is 0.497 e. The average Bonchev–Trinajstić information content (AvgIpc) is 3.57.